The lowest BCUT2D eigenvalue weighted by Gasteiger charge is -2.41. The van der Waals surface area contributed by atoms with E-state index in [9.17, 15) is 4.79 Å². The van der Waals surface area contributed by atoms with E-state index in [1.807, 2.05) is 6.92 Å². The molecule has 4 nitrogen and oxygen atoms in total. The van der Waals surface area contributed by atoms with Crippen LogP contribution in [-0.2, 0) is 4.79 Å². The molecule has 0 radical (unpaired) electrons. The highest BCUT2D eigenvalue weighted by molar-refractivity contribution is 5.73. The van der Waals surface area contributed by atoms with Gasteiger partial charge in [-0.1, -0.05) is 24.3 Å². The molecule has 2 aliphatic rings. The molecular formula is C22H26N2O2. The molecule has 136 valence electrons. The molecule has 1 aliphatic carbocycles. The fourth-order valence-corrected chi connectivity index (χ4v) is 3.46. The number of anilines is 1. The lowest BCUT2D eigenvalue weighted by atomic mass is 9.90. The lowest BCUT2D eigenvalue weighted by molar-refractivity contribution is -0.119. The van der Waals surface area contributed by atoms with Gasteiger partial charge in [-0.05, 0) is 55.2 Å². The van der Waals surface area contributed by atoms with Crippen molar-refractivity contribution < 1.29 is 9.53 Å². The summed E-state index contributed by atoms with van der Waals surface area (Å²) in [5.74, 6) is 1.56. The topological polar surface area (TPSA) is 41.6 Å². The van der Waals surface area contributed by atoms with Crippen LogP contribution in [0.5, 0.6) is 5.75 Å². The van der Waals surface area contributed by atoms with Gasteiger partial charge in [0, 0.05) is 31.6 Å². The zero-order chi connectivity index (χ0) is 18.1. The summed E-state index contributed by atoms with van der Waals surface area (Å²) in [4.78, 5) is 13.6. The van der Waals surface area contributed by atoms with Crippen molar-refractivity contribution in [1.29, 1.82) is 0 Å². The highest BCUT2D eigenvalue weighted by Gasteiger charge is 2.28. The van der Waals surface area contributed by atoms with Crippen molar-refractivity contribution in [3.8, 4) is 5.75 Å². The van der Waals surface area contributed by atoms with Gasteiger partial charge in [-0.15, -0.1) is 0 Å². The Balaban J connectivity index is 1.31. The first-order valence-corrected chi connectivity index (χ1v) is 9.47. The summed E-state index contributed by atoms with van der Waals surface area (Å²) in [6, 6.07) is 17.2. The number of ether oxygens (including phenoxy) is 1. The molecule has 1 heterocycles. The molecule has 1 amide bonds. The van der Waals surface area contributed by atoms with E-state index in [1.54, 1.807) is 6.92 Å². The summed E-state index contributed by atoms with van der Waals surface area (Å²) in [5, 5.41) is 2.93. The lowest BCUT2D eigenvalue weighted by Crippen LogP contribution is -2.45. The van der Waals surface area contributed by atoms with Crippen LogP contribution in [0.4, 0.5) is 5.69 Å². The number of amides is 1. The average Bonchev–Trinajstić information content (AvgIpc) is 3.39. The van der Waals surface area contributed by atoms with Crippen LogP contribution < -0.4 is 15.0 Å². The fraction of sp³-hybridized carbons (Fsp3) is 0.409. The van der Waals surface area contributed by atoms with Crippen LogP contribution in [0.25, 0.3) is 0 Å². The molecule has 26 heavy (non-hydrogen) atoms. The van der Waals surface area contributed by atoms with E-state index in [-0.39, 0.29) is 11.9 Å². The Morgan fingerprint density at radius 1 is 1.08 bits per heavy atom. The Hall–Kier alpha value is -2.49. The number of benzene rings is 2. The molecule has 1 N–H and O–H groups in total. The van der Waals surface area contributed by atoms with Crippen molar-refractivity contribution in [1.82, 2.24) is 5.32 Å². The SMILES string of the molecule is CC(=O)NC(C)c1ccc(C2CN(c3ccc(OC4CC4)cc3)C2)cc1. The summed E-state index contributed by atoms with van der Waals surface area (Å²) in [7, 11) is 0. The van der Waals surface area contributed by atoms with E-state index < -0.39 is 0 Å². The summed E-state index contributed by atoms with van der Waals surface area (Å²) >= 11 is 0. The van der Waals surface area contributed by atoms with Crippen LogP contribution in [0.1, 0.15) is 49.8 Å². The van der Waals surface area contributed by atoms with Crippen LogP contribution in [0, 0.1) is 0 Å². The third kappa shape index (κ3) is 3.85. The molecule has 1 saturated heterocycles. The van der Waals surface area contributed by atoms with E-state index in [1.165, 1.54) is 24.1 Å². The van der Waals surface area contributed by atoms with E-state index in [0.29, 0.717) is 12.0 Å². The molecule has 4 heteroatoms. The molecule has 0 bridgehead atoms. The van der Waals surface area contributed by atoms with Crippen LogP contribution in [0.15, 0.2) is 48.5 Å². The number of hydrogen-bond acceptors (Lipinski definition) is 3. The molecule has 4 rings (SSSR count). The quantitative estimate of drug-likeness (QED) is 0.855. The van der Waals surface area contributed by atoms with Crippen molar-refractivity contribution in [2.24, 2.45) is 0 Å². The van der Waals surface area contributed by atoms with Crippen molar-refractivity contribution in [2.75, 3.05) is 18.0 Å². The Morgan fingerprint density at radius 3 is 2.31 bits per heavy atom. The summed E-state index contributed by atoms with van der Waals surface area (Å²) in [5.41, 5.74) is 3.78. The van der Waals surface area contributed by atoms with Gasteiger partial charge in [0.2, 0.25) is 5.91 Å². The van der Waals surface area contributed by atoms with Crippen LogP contribution in [-0.4, -0.2) is 25.1 Å². The first kappa shape index (κ1) is 17.0. The number of nitrogens with one attached hydrogen (secondary N) is 1. The normalized spacial score (nSPS) is 18.2. The molecule has 0 spiro atoms. The number of carbonyl (C=O) groups excluding carboxylic acids is 1. The minimum Gasteiger partial charge on any atom is -0.490 e. The second-order valence-corrected chi connectivity index (χ2v) is 7.50. The Labute approximate surface area is 155 Å². The second kappa shape index (κ2) is 7.02. The van der Waals surface area contributed by atoms with Crippen molar-refractivity contribution in [2.45, 2.75) is 44.8 Å². The van der Waals surface area contributed by atoms with Gasteiger partial charge in [0.1, 0.15) is 5.75 Å². The van der Waals surface area contributed by atoms with Gasteiger partial charge in [0.05, 0.1) is 12.1 Å². The van der Waals surface area contributed by atoms with Gasteiger partial charge >= 0.3 is 0 Å². The Bertz CT molecular complexity index is 760. The maximum atomic E-state index is 11.2. The fourth-order valence-electron chi connectivity index (χ4n) is 3.46. The van der Waals surface area contributed by atoms with Crippen LogP contribution in [0.2, 0.25) is 0 Å². The Kier molecular flexibility index (Phi) is 4.58. The standard InChI is InChI=1S/C22H26N2O2/c1-15(23-16(2)25)17-3-5-18(6-4-17)19-13-24(14-19)20-7-9-21(10-8-20)26-22-11-12-22/h3-10,15,19,22H,11-14H2,1-2H3,(H,23,25). The number of hydrogen-bond donors (Lipinski definition) is 1. The van der Waals surface area contributed by atoms with E-state index in [2.05, 4.69) is 58.7 Å². The zero-order valence-electron chi connectivity index (χ0n) is 15.4. The first-order valence-electron chi connectivity index (χ1n) is 9.47. The Morgan fingerprint density at radius 2 is 1.73 bits per heavy atom. The number of nitrogens with zero attached hydrogens (tertiary/aromatic N) is 1. The molecule has 0 aromatic heterocycles. The molecular weight excluding hydrogens is 324 g/mol. The monoisotopic (exact) mass is 350 g/mol. The van der Waals surface area contributed by atoms with Crippen molar-refractivity contribution >= 4 is 11.6 Å². The zero-order valence-corrected chi connectivity index (χ0v) is 15.4. The van der Waals surface area contributed by atoms with E-state index in [4.69, 9.17) is 4.74 Å². The molecule has 2 aromatic carbocycles. The molecule has 1 atom stereocenters. The maximum absolute atomic E-state index is 11.2. The first-order chi connectivity index (χ1) is 12.6. The number of rotatable bonds is 6. The van der Waals surface area contributed by atoms with Gasteiger partial charge in [0.25, 0.3) is 0 Å². The van der Waals surface area contributed by atoms with Crippen molar-refractivity contribution in [3.63, 3.8) is 0 Å². The highest BCUT2D eigenvalue weighted by atomic mass is 16.5. The third-order valence-electron chi connectivity index (χ3n) is 5.24. The highest BCUT2D eigenvalue weighted by Crippen LogP contribution is 2.34. The summed E-state index contributed by atoms with van der Waals surface area (Å²) in [6.07, 6.45) is 2.83. The van der Waals surface area contributed by atoms with Gasteiger partial charge in [-0.25, -0.2) is 0 Å². The van der Waals surface area contributed by atoms with Gasteiger partial charge in [-0.2, -0.15) is 0 Å². The molecule has 2 aromatic rings. The minimum atomic E-state index is 0.00441. The molecule has 1 unspecified atom stereocenters. The molecule has 1 aliphatic heterocycles. The molecule has 2 fully saturated rings. The van der Waals surface area contributed by atoms with Crippen LogP contribution in [0.3, 0.4) is 0 Å². The van der Waals surface area contributed by atoms with Gasteiger partial charge in [-0.3, -0.25) is 4.79 Å². The largest absolute Gasteiger partial charge is 0.490 e. The van der Waals surface area contributed by atoms with Gasteiger partial charge in [0.15, 0.2) is 0 Å². The van der Waals surface area contributed by atoms with E-state index >= 15 is 0 Å². The average molecular weight is 350 g/mol. The number of carbonyl (C=O) groups is 1. The molecule has 1 saturated carbocycles. The van der Waals surface area contributed by atoms with Gasteiger partial charge < -0.3 is 15.0 Å². The second-order valence-electron chi connectivity index (χ2n) is 7.50. The summed E-state index contributed by atoms with van der Waals surface area (Å²) < 4.78 is 5.81. The smallest absolute Gasteiger partial charge is 0.217 e. The predicted octanol–water partition coefficient (Wildman–Crippen LogP) is 4.03. The van der Waals surface area contributed by atoms with Crippen LogP contribution >= 0.6 is 0 Å². The summed E-state index contributed by atoms with van der Waals surface area (Å²) in [6.45, 7) is 5.66. The van der Waals surface area contributed by atoms with E-state index in [0.717, 1.165) is 24.4 Å². The maximum Gasteiger partial charge on any atom is 0.217 e. The minimum absolute atomic E-state index is 0.00441. The predicted molar refractivity (Wildman–Crippen MR) is 104 cm³/mol. The third-order valence-corrected chi connectivity index (χ3v) is 5.24. The van der Waals surface area contributed by atoms with Crippen molar-refractivity contribution in [3.05, 3.63) is 59.7 Å².